The van der Waals surface area contributed by atoms with E-state index in [0.717, 1.165) is 0 Å². The van der Waals surface area contributed by atoms with E-state index in [1.807, 2.05) is 0 Å². The third-order valence-electron chi connectivity index (χ3n) is 1.78. The molecular weight excluding hydrogens is 248 g/mol. The van der Waals surface area contributed by atoms with Crippen molar-refractivity contribution in [2.45, 2.75) is 25.2 Å². The van der Waals surface area contributed by atoms with E-state index >= 15 is 0 Å². The molecule has 10 heteroatoms. The fourth-order valence-corrected chi connectivity index (χ4v) is 0.776. The fraction of sp³-hybridized carbons (Fsp3) is 0.667. The normalized spacial score (nSPS) is 12.0. The molecule has 0 amide bonds. The van der Waals surface area contributed by atoms with Crippen LogP contribution < -0.4 is 44.6 Å². The summed E-state index contributed by atoms with van der Waals surface area (Å²) in [5.74, 6) is -1.28. The Balaban J connectivity index is 4.61. The van der Waals surface area contributed by atoms with Crippen molar-refractivity contribution in [2.24, 2.45) is 22.9 Å². The molecule has 0 aliphatic heterocycles. The van der Waals surface area contributed by atoms with Gasteiger partial charge in [-0.1, -0.05) is 0 Å². The van der Waals surface area contributed by atoms with Crippen LogP contribution in [0.3, 0.4) is 0 Å². The number of hydrogen-bond donors (Lipinski definition) is 8. The molecule has 0 saturated heterocycles. The molecule has 12 N–H and O–H groups in total. The van der Waals surface area contributed by atoms with Crippen molar-refractivity contribution in [3.63, 3.8) is 0 Å². The monoisotopic (exact) mass is 266 g/mol. The Morgan fingerprint density at radius 2 is 1.25 bits per heavy atom. The largest absolute Gasteiger partial charge is 0.375 e. The lowest BCUT2D eigenvalue weighted by atomic mass is 9.98. The summed E-state index contributed by atoms with van der Waals surface area (Å²) in [6, 6.07) is 0. The van der Waals surface area contributed by atoms with Crippen molar-refractivity contribution in [2.75, 3.05) is 0 Å². The van der Waals surface area contributed by atoms with E-state index < -0.39 is 11.3 Å². The molecule has 0 aliphatic carbocycles. The van der Waals surface area contributed by atoms with E-state index in [1.165, 1.54) is 0 Å². The molecule has 0 rings (SSSR count). The van der Waals surface area contributed by atoms with E-state index in [0.29, 0.717) is 0 Å². The molecule has 0 unspecified atom stereocenters. The minimum atomic E-state index is -1.28. The minimum absolute atomic E-state index is 0.0243. The Morgan fingerprint density at radius 1 is 0.938 bits per heavy atom. The predicted molar refractivity (Wildman–Crippen MR) is 71.3 cm³/mol. The van der Waals surface area contributed by atoms with E-state index in [1.54, 1.807) is 13.8 Å². The van der Waals surface area contributed by atoms with E-state index in [2.05, 4.69) is 46.1 Å². The minimum Gasteiger partial charge on any atom is -0.375 e. The quantitative estimate of drug-likeness (QED) is 0.147. The molecule has 0 aromatic heterocycles. The molecular formula is C6H18N8S2. The van der Waals surface area contributed by atoms with Gasteiger partial charge in [-0.15, -0.1) is 0 Å². The van der Waals surface area contributed by atoms with Crippen LogP contribution in [0.5, 0.6) is 0 Å². The molecule has 0 saturated carbocycles. The highest BCUT2D eigenvalue weighted by molar-refractivity contribution is 7.80. The lowest BCUT2D eigenvalue weighted by Crippen LogP contribution is -2.82. The van der Waals surface area contributed by atoms with Crippen LogP contribution in [0, 0.1) is 0 Å². The standard InChI is InChI=1S/C6H18N8S2/c1-5(2,9)6(10,13-11-3(7)15)14-12-4(8)16/h13-14H,9-10H2,1-2H3,(H3,7,11,15)(H3,8,12,16). The summed E-state index contributed by atoms with van der Waals surface area (Å²) in [6.07, 6.45) is 0. The Hall–Kier alpha value is -0.780. The maximum Gasteiger partial charge on any atom is 0.178 e. The van der Waals surface area contributed by atoms with Gasteiger partial charge in [0.2, 0.25) is 0 Å². The molecule has 0 spiro atoms. The van der Waals surface area contributed by atoms with Gasteiger partial charge >= 0.3 is 0 Å². The Morgan fingerprint density at radius 3 is 1.44 bits per heavy atom. The van der Waals surface area contributed by atoms with Gasteiger partial charge in [0.25, 0.3) is 0 Å². The molecule has 16 heavy (non-hydrogen) atoms. The van der Waals surface area contributed by atoms with Crippen molar-refractivity contribution in [3.8, 4) is 0 Å². The summed E-state index contributed by atoms with van der Waals surface area (Å²) < 4.78 is 0. The van der Waals surface area contributed by atoms with Gasteiger partial charge in [0, 0.05) is 0 Å². The summed E-state index contributed by atoms with van der Waals surface area (Å²) in [4.78, 5) is 0. The van der Waals surface area contributed by atoms with Crippen molar-refractivity contribution in [1.82, 2.24) is 21.7 Å². The van der Waals surface area contributed by atoms with Gasteiger partial charge in [-0.2, -0.15) is 10.9 Å². The van der Waals surface area contributed by atoms with Crippen LogP contribution in [-0.4, -0.2) is 21.6 Å². The predicted octanol–water partition coefficient (Wildman–Crippen LogP) is -2.99. The SMILES string of the molecule is CC(C)(N)C(N)(NNC(N)=S)NNC(N)=S. The maximum absolute atomic E-state index is 5.97. The zero-order chi connectivity index (χ0) is 13.0. The van der Waals surface area contributed by atoms with Gasteiger partial charge in [0.05, 0.1) is 5.54 Å². The Labute approximate surface area is 105 Å². The lowest BCUT2D eigenvalue weighted by Gasteiger charge is -2.42. The second-order valence-corrected chi connectivity index (χ2v) is 4.64. The molecule has 0 fully saturated rings. The van der Waals surface area contributed by atoms with Gasteiger partial charge < -0.3 is 17.2 Å². The molecule has 0 aliphatic rings. The van der Waals surface area contributed by atoms with E-state index in [4.69, 9.17) is 22.9 Å². The molecule has 94 valence electrons. The first-order valence-corrected chi connectivity index (χ1v) is 5.13. The summed E-state index contributed by atoms with van der Waals surface area (Å²) in [5.41, 5.74) is 31.8. The second-order valence-electron chi connectivity index (χ2n) is 3.76. The Bertz CT molecular complexity index is 254. The first kappa shape index (κ1) is 15.2. The number of hydrogen-bond acceptors (Lipinski definition) is 6. The fourth-order valence-electron chi connectivity index (χ4n) is 0.674. The van der Waals surface area contributed by atoms with Crippen LogP contribution in [0.15, 0.2) is 0 Å². The number of nitrogens with one attached hydrogen (secondary N) is 4. The molecule has 0 bridgehead atoms. The average molecular weight is 266 g/mol. The topological polar surface area (TPSA) is 152 Å². The van der Waals surface area contributed by atoms with Crippen molar-refractivity contribution in [3.05, 3.63) is 0 Å². The number of rotatable bonds is 5. The van der Waals surface area contributed by atoms with Crippen molar-refractivity contribution < 1.29 is 0 Å². The summed E-state index contributed by atoms with van der Waals surface area (Å²) in [5, 5.41) is 0.0485. The molecule has 0 aromatic carbocycles. The van der Waals surface area contributed by atoms with Crippen LogP contribution >= 0.6 is 24.4 Å². The van der Waals surface area contributed by atoms with Gasteiger partial charge in [0.1, 0.15) is 0 Å². The van der Waals surface area contributed by atoms with Crippen LogP contribution in [0.4, 0.5) is 0 Å². The zero-order valence-electron chi connectivity index (χ0n) is 9.13. The lowest BCUT2D eigenvalue weighted by molar-refractivity contribution is 0.136. The highest BCUT2D eigenvalue weighted by Gasteiger charge is 2.39. The van der Waals surface area contributed by atoms with E-state index in [-0.39, 0.29) is 10.2 Å². The highest BCUT2D eigenvalue weighted by atomic mass is 32.1. The first-order valence-electron chi connectivity index (χ1n) is 4.31. The van der Waals surface area contributed by atoms with Gasteiger partial charge in [-0.25, -0.2) is 0 Å². The number of nitrogens with two attached hydrogens (primary N) is 4. The molecule has 0 heterocycles. The molecule has 0 atom stereocenters. The molecule has 0 radical (unpaired) electrons. The average Bonchev–Trinajstić information content (AvgIpc) is 2.09. The van der Waals surface area contributed by atoms with Crippen LogP contribution in [0.1, 0.15) is 13.8 Å². The van der Waals surface area contributed by atoms with E-state index in [9.17, 15) is 0 Å². The van der Waals surface area contributed by atoms with Crippen LogP contribution in [-0.2, 0) is 0 Å². The zero-order valence-corrected chi connectivity index (χ0v) is 10.8. The van der Waals surface area contributed by atoms with Crippen LogP contribution in [0.25, 0.3) is 0 Å². The third-order valence-corrected chi connectivity index (χ3v) is 1.99. The summed E-state index contributed by atoms with van der Waals surface area (Å²) in [6.45, 7) is 3.38. The Kier molecular flexibility index (Phi) is 5.25. The number of thiocarbonyl (C=S) groups is 2. The second kappa shape index (κ2) is 5.52. The van der Waals surface area contributed by atoms with Crippen molar-refractivity contribution >= 4 is 34.7 Å². The first-order chi connectivity index (χ1) is 7.08. The maximum atomic E-state index is 5.97. The highest BCUT2D eigenvalue weighted by Crippen LogP contribution is 2.08. The number of hydrazine groups is 2. The van der Waals surface area contributed by atoms with Gasteiger partial charge in [-0.3, -0.25) is 16.6 Å². The third kappa shape index (κ3) is 4.83. The van der Waals surface area contributed by atoms with Gasteiger partial charge in [-0.05, 0) is 38.3 Å². The summed E-state index contributed by atoms with van der Waals surface area (Å²) >= 11 is 9.26. The van der Waals surface area contributed by atoms with Crippen LogP contribution in [0.2, 0.25) is 0 Å². The smallest absolute Gasteiger partial charge is 0.178 e. The van der Waals surface area contributed by atoms with Crippen molar-refractivity contribution in [1.29, 1.82) is 0 Å². The molecule has 8 nitrogen and oxygen atoms in total. The summed E-state index contributed by atoms with van der Waals surface area (Å²) in [7, 11) is 0. The molecule has 0 aromatic rings. The van der Waals surface area contributed by atoms with Gasteiger partial charge in [0.15, 0.2) is 16.0 Å².